The Labute approximate surface area is 130 Å². The molecule has 2 rings (SSSR count). The van der Waals surface area contributed by atoms with Crippen LogP contribution in [0.3, 0.4) is 0 Å². The Bertz CT molecular complexity index is 625. The first-order valence-corrected chi connectivity index (χ1v) is 9.16. The molecule has 1 fully saturated rings. The van der Waals surface area contributed by atoms with Crippen LogP contribution in [0.5, 0.6) is 0 Å². The van der Waals surface area contributed by atoms with E-state index in [1.165, 1.54) is 6.07 Å². The molecule has 1 aromatic carbocycles. The highest BCUT2D eigenvalue weighted by Gasteiger charge is 2.19. The molecule has 1 saturated carbocycles. The summed E-state index contributed by atoms with van der Waals surface area (Å²) in [4.78, 5) is 11.9. The lowest BCUT2D eigenvalue weighted by Crippen LogP contribution is -2.36. The van der Waals surface area contributed by atoms with Crippen molar-refractivity contribution in [3.8, 4) is 0 Å². The Balaban J connectivity index is 2.03. The number of nitrogens with one attached hydrogen (secondary N) is 2. The lowest BCUT2D eigenvalue weighted by atomic mass is 10.2. The maximum Gasteiger partial charge on any atom is 0.239 e. The molecule has 0 atom stereocenters. The quantitative estimate of drug-likeness (QED) is 0.868. The van der Waals surface area contributed by atoms with E-state index in [9.17, 15) is 13.2 Å². The van der Waals surface area contributed by atoms with E-state index in [4.69, 9.17) is 11.6 Å². The van der Waals surface area contributed by atoms with Crippen LogP contribution < -0.4 is 10.6 Å². The number of anilines is 1. The smallest absolute Gasteiger partial charge is 0.239 e. The molecule has 0 aromatic heterocycles. The molecule has 21 heavy (non-hydrogen) atoms. The largest absolute Gasteiger partial charge is 0.375 e. The van der Waals surface area contributed by atoms with Crippen LogP contribution in [0.15, 0.2) is 23.1 Å². The van der Waals surface area contributed by atoms with E-state index in [2.05, 4.69) is 10.6 Å². The van der Waals surface area contributed by atoms with Crippen molar-refractivity contribution in [1.82, 2.24) is 5.32 Å². The second-order valence-corrected chi connectivity index (χ2v) is 7.65. The van der Waals surface area contributed by atoms with Crippen LogP contribution in [-0.4, -0.2) is 33.2 Å². The number of rotatable bonds is 5. The number of amides is 1. The van der Waals surface area contributed by atoms with Crippen LogP contribution in [0, 0.1) is 0 Å². The molecule has 2 N–H and O–H groups in total. The Morgan fingerprint density at radius 3 is 2.62 bits per heavy atom. The molecule has 1 amide bonds. The maximum absolute atomic E-state index is 11.9. The number of sulfone groups is 1. The van der Waals surface area contributed by atoms with E-state index in [0.717, 1.165) is 31.9 Å². The summed E-state index contributed by atoms with van der Waals surface area (Å²) < 4.78 is 23.5. The van der Waals surface area contributed by atoms with Crippen LogP contribution in [0.2, 0.25) is 5.02 Å². The van der Waals surface area contributed by atoms with Crippen molar-refractivity contribution < 1.29 is 13.2 Å². The van der Waals surface area contributed by atoms with Gasteiger partial charge in [0.15, 0.2) is 9.84 Å². The number of halogens is 1. The summed E-state index contributed by atoms with van der Waals surface area (Å²) >= 11 is 5.95. The normalized spacial score (nSPS) is 15.9. The standard InChI is InChI=1S/C14H19ClN2O3S/c1-21(19,20)14-11(15)7-4-8-12(14)16-9-13(18)17-10-5-2-3-6-10/h4,7-8,10,16H,2-3,5-6,9H2,1H3,(H,17,18). The second kappa shape index (κ2) is 6.66. The first-order valence-electron chi connectivity index (χ1n) is 6.90. The van der Waals surface area contributed by atoms with E-state index in [1.54, 1.807) is 12.1 Å². The molecular weight excluding hydrogens is 312 g/mol. The molecule has 5 nitrogen and oxygen atoms in total. The molecule has 7 heteroatoms. The third-order valence-corrected chi connectivity index (χ3v) is 5.11. The summed E-state index contributed by atoms with van der Waals surface area (Å²) in [5, 5.41) is 5.95. The van der Waals surface area contributed by atoms with Gasteiger partial charge >= 0.3 is 0 Å². The van der Waals surface area contributed by atoms with Gasteiger partial charge < -0.3 is 10.6 Å². The summed E-state index contributed by atoms with van der Waals surface area (Å²) in [6.07, 6.45) is 5.41. The van der Waals surface area contributed by atoms with Crippen LogP contribution in [-0.2, 0) is 14.6 Å². The van der Waals surface area contributed by atoms with E-state index < -0.39 is 9.84 Å². The number of hydrogen-bond acceptors (Lipinski definition) is 4. The van der Waals surface area contributed by atoms with E-state index in [-0.39, 0.29) is 28.4 Å². The van der Waals surface area contributed by atoms with Crippen molar-refractivity contribution in [3.63, 3.8) is 0 Å². The van der Waals surface area contributed by atoms with Crippen molar-refractivity contribution in [2.75, 3.05) is 18.1 Å². The van der Waals surface area contributed by atoms with Gasteiger partial charge in [-0.3, -0.25) is 4.79 Å². The molecule has 0 unspecified atom stereocenters. The van der Waals surface area contributed by atoms with Gasteiger partial charge in [0.1, 0.15) is 4.90 Å². The zero-order valence-electron chi connectivity index (χ0n) is 11.9. The molecular formula is C14H19ClN2O3S. The molecule has 0 heterocycles. The van der Waals surface area contributed by atoms with E-state index in [0.29, 0.717) is 5.69 Å². The zero-order chi connectivity index (χ0) is 15.5. The zero-order valence-corrected chi connectivity index (χ0v) is 13.4. The van der Waals surface area contributed by atoms with Crippen LogP contribution in [0.1, 0.15) is 25.7 Å². The van der Waals surface area contributed by atoms with Gasteiger partial charge in [0.05, 0.1) is 17.3 Å². The van der Waals surface area contributed by atoms with Gasteiger partial charge in [-0.2, -0.15) is 0 Å². The molecule has 0 spiro atoms. The first kappa shape index (κ1) is 16.1. The number of benzene rings is 1. The summed E-state index contributed by atoms with van der Waals surface area (Å²) in [5.74, 6) is -0.138. The number of hydrogen-bond donors (Lipinski definition) is 2. The molecule has 1 aromatic rings. The van der Waals surface area contributed by atoms with Crippen LogP contribution in [0.4, 0.5) is 5.69 Å². The van der Waals surface area contributed by atoms with Gasteiger partial charge in [-0.05, 0) is 25.0 Å². The van der Waals surface area contributed by atoms with Gasteiger partial charge in [-0.15, -0.1) is 0 Å². The van der Waals surface area contributed by atoms with Gasteiger partial charge in [0, 0.05) is 12.3 Å². The highest BCUT2D eigenvalue weighted by atomic mass is 35.5. The molecule has 116 valence electrons. The maximum atomic E-state index is 11.9. The first-order chi connectivity index (χ1) is 9.88. The Morgan fingerprint density at radius 2 is 2.00 bits per heavy atom. The third kappa shape index (κ3) is 4.35. The molecule has 0 aliphatic heterocycles. The average molecular weight is 331 g/mol. The van der Waals surface area contributed by atoms with E-state index >= 15 is 0 Å². The summed E-state index contributed by atoms with van der Waals surface area (Å²) in [6.45, 7) is 0.0271. The van der Waals surface area contributed by atoms with Gasteiger partial charge in [0.25, 0.3) is 0 Å². The molecule has 1 aliphatic carbocycles. The highest BCUT2D eigenvalue weighted by molar-refractivity contribution is 7.91. The molecule has 0 saturated heterocycles. The van der Waals surface area contributed by atoms with E-state index in [1.807, 2.05) is 0 Å². The van der Waals surface area contributed by atoms with Crippen molar-refractivity contribution in [2.24, 2.45) is 0 Å². The van der Waals surface area contributed by atoms with Crippen molar-refractivity contribution in [3.05, 3.63) is 23.2 Å². The van der Waals surface area contributed by atoms with Crippen LogP contribution in [0.25, 0.3) is 0 Å². The highest BCUT2D eigenvalue weighted by Crippen LogP contribution is 2.29. The fourth-order valence-electron chi connectivity index (χ4n) is 2.55. The molecule has 0 bridgehead atoms. The van der Waals surface area contributed by atoms with Crippen molar-refractivity contribution >= 4 is 33.0 Å². The topological polar surface area (TPSA) is 75.3 Å². The lowest BCUT2D eigenvalue weighted by Gasteiger charge is -2.14. The minimum Gasteiger partial charge on any atom is -0.375 e. The van der Waals surface area contributed by atoms with Crippen molar-refractivity contribution in [1.29, 1.82) is 0 Å². The Morgan fingerprint density at radius 1 is 1.33 bits per heavy atom. The fourth-order valence-corrected chi connectivity index (χ4v) is 4.11. The fraction of sp³-hybridized carbons (Fsp3) is 0.500. The Hall–Kier alpha value is -1.27. The van der Waals surface area contributed by atoms with Gasteiger partial charge in [0.2, 0.25) is 5.91 Å². The number of carbonyl (C=O) groups excluding carboxylic acids is 1. The minimum atomic E-state index is -3.46. The SMILES string of the molecule is CS(=O)(=O)c1c(Cl)cccc1NCC(=O)NC1CCCC1. The summed E-state index contributed by atoms with van der Waals surface area (Å²) in [7, 11) is -3.46. The summed E-state index contributed by atoms with van der Waals surface area (Å²) in [5.41, 5.74) is 0.353. The number of carbonyl (C=O) groups is 1. The van der Waals surface area contributed by atoms with Gasteiger partial charge in [-0.1, -0.05) is 30.5 Å². The third-order valence-electron chi connectivity index (χ3n) is 3.50. The minimum absolute atomic E-state index is 0.0271. The molecule has 1 aliphatic rings. The predicted octanol–water partition coefficient (Wildman–Crippen LogP) is 2.21. The summed E-state index contributed by atoms with van der Waals surface area (Å²) in [6, 6.07) is 5.01. The van der Waals surface area contributed by atoms with Crippen molar-refractivity contribution in [2.45, 2.75) is 36.6 Å². The molecule has 0 radical (unpaired) electrons. The predicted molar refractivity (Wildman–Crippen MR) is 83.5 cm³/mol. The average Bonchev–Trinajstić information content (AvgIpc) is 2.87. The van der Waals surface area contributed by atoms with Gasteiger partial charge in [-0.25, -0.2) is 8.42 Å². The lowest BCUT2D eigenvalue weighted by molar-refractivity contribution is -0.120. The monoisotopic (exact) mass is 330 g/mol. The van der Waals surface area contributed by atoms with Crippen LogP contribution >= 0.6 is 11.6 Å². The Kier molecular flexibility index (Phi) is 5.11. The second-order valence-electron chi connectivity index (χ2n) is 5.29.